The molecule has 0 aromatic carbocycles. The standard InChI is InChI=1S/C18H32N4O3/c1-22(2)16(23)13-20-17(19-12-15-5-3-9-24-15)21-14-6-10-25-18(11-14)7-4-8-18/h14-15H,3-13H2,1-2H3,(H2,19,20,21). The van der Waals surface area contributed by atoms with E-state index in [4.69, 9.17) is 9.47 Å². The molecule has 25 heavy (non-hydrogen) atoms. The highest BCUT2D eigenvalue weighted by Crippen LogP contribution is 2.42. The Morgan fingerprint density at radius 3 is 2.72 bits per heavy atom. The van der Waals surface area contributed by atoms with Crippen LogP contribution in [0.3, 0.4) is 0 Å². The van der Waals surface area contributed by atoms with Crippen LogP contribution in [0.5, 0.6) is 0 Å². The Morgan fingerprint density at radius 1 is 1.24 bits per heavy atom. The molecule has 2 unspecified atom stereocenters. The Morgan fingerprint density at radius 2 is 2.08 bits per heavy atom. The maximum absolute atomic E-state index is 11.9. The van der Waals surface area contributed by atoms with E-state index in [1.165, 1.54) is 19.3 Å². The van der Waals surface area contributed by atoms with E-state index < -0.39 is 0 Å². The molecule has 142 valence electrons. The van der Waals surface area contributed by atoms with Crippen LogP contribution in [0.2, 0.25) is 0 Å². The molecule has 3 aliphatic rings. The van der Waals surface area contributed by atoms with Crippen molar-refractivity contribution in [1.29, 1.82) is 0 Å². The number of hydrogen-bond acceptors (Lipinski definition) is 4. The molecule has 1 aliphatic carbocycles. The Bertz CT molecular complexity index is 485. The summed E-state index contributed by atoms with van der Waals surface area (Å²) in [5, 5.41) is 6.90. The van der Waals surface area contributed by atoms with E-state index in [2.05, 4.69) is 15.6 Å². The fourth-order valence-electron chi connectivity index (χ4n) is 3.72. The molecule has 2 N–H and O–H groups in total. The molecule has 2 aliphatic heterocycles. The van der Waals surface area contributed by atoms with Gasteiger partial charge in [-0.25, -0.2) is 4.99 Å². The molecule has 0 radical (unpaired) electrons. The largest absolute Gasteiger partial charge is 0.376 e. The van der Waals surface area contributed by atoms with Crippen LogP contribution in [0.15, 0.2) is 4.99 Å². The van der Waals surface area contributed by atoms with Crippen molar-refractivity contribution in [2.45, 2.75) is 62.7 Å². The number of ether oxygens (including phenoxy) is 2. The number of amides is 1. The van der Waals surface area contributed by atoms with E-state index in [9.17, 15) is 4.79 Å². The molecule has 3 fully saturated rings. The monoisotopic (exact) mass is 352 g/mol. The van der Waals surface area contributed by atoms with Gasteiger partial charge in [-0.15, -0.1) is 0 Å². The van der Waals surface area contributed by atoms with Crippen LogP contribution in [0, 0.1) is 0 Å². The number of carbonyl (C=O) groups is 1. The molecule has 2 saturated heterocycles. The first-order chi connectivity index (χ1) is 12.1. The van der Waals surface area contributed by atoms with Crippen molar-refractivity contribution >= 4 is 11.9 Å². The third-order valence-electron chi connectivity index (χ3n) is 5.49. The quantitative estimate of drug-likeness (QED) is 0.568. The van der Waals surface area contributed by atoms with Gasteiger partial charge in [0.05, 0.1) is 11.7 Å². The molecule has 2 heterocycles. The summed E-state index contributed by atoms with van der Waals surface area (Å²) in [7, 11) is 3.51. The second-order valence-corrected chi connectivity index (χ2v) is 7.69. The molecule has 7 nitrogen and oxygen atoms in total. The molecule has 0 bridgehead atoms. The van der Waals surface area contributed by atoms with Gasteiger partial charge in [-0.05, 0) is 44.9 Å². The number of hydrogen-bond donors (Lipinski definition) is 2. The average molecular weight is 352 g/mol. The molecule has 7 heteroatoms. The number of guanidine groups is 1. The SMILES string of the molecule is CN(C)C(=O)CN=C(NCC1CCCO1)NC1CCOC2(CCC2)C1. The van der Waals surface area contributed by atoms with Crippen molar-refractivity contribution in [1.82, 2.24) is 15.5 Å². The maximum Gasteiger partial charge on any atom is 0.243 e. The summed E-state index contributed by atoms with van der Waals surface area (Å²) in [5.41, 5.74) is 0.0923. The zero-order chi connectivity index (χ0) is 17.7. The van der Waals surface area contributed by atoms with E-state index >= 15 is 0 Å². The Kier molecular flexibility index (Phi) is 6.17. The second-order valence-electron chi connectivity index (χ2n) is 7.69. The summed E-state index contributed by atoms with van der Waals surface area (Å²) in [5.74, 6) is 0.715. The highest BCUT2D eigenvalue weighted by Gasteiger charge is 2.42. The van der Waals surface area contributed by atoms with Gasteiger partial charge in [-0.2, -0.15) is 0 Å². The zero-order valence-corrected chi connectivity index (χ0v) is 15.6. The van der Waals surface area contributed by atoms with Gasteiger partial charge in [0.2, 0.25) is 5.91 Å². The summed E-state index contributed by atoms with van der Waals surface area (Å²) >= 11 is 0. The van der Waals surface area contributed by atoms with Crippen molar-refractivity contribution in [3.63, 3.8) is 0 Å². The highest BCUT2D eigenvalue weighted by atomic mass is 16.5. The highest BCUT2D eigenvalue weighted by molar-refractivity contribution is 5.85. The van der Waals surface area contributed by atoms with Gasteiger partial charge in [0.15, 0.2) is 5.96 Å². The van der Waals surface area contributed by atoms with E-state index in [0.717, 1.165) is 45.4 Å². The van der Waals surface area contributed by atoms with E-state index in [0.29, 0.717) is 12.0 Å². The summed E-state index contributed by atoms with van der Waals surface area (Å²) in [6.45, 7) is 2.53. The summed E-state index contributed by atoms with van der Waals surface area (Å²) in [6, 6.07) is 0.347. The number of aliphatic imine (C=N–C) groups is 1. The predicted molar refractivity (Wildman–Crippen MR) is 96.7 cm³/mol. The lowest BCUT2D eigenvalue weighted by Crippen LogP contribution is -2.54. The number of carbonyl (C=O) groups excluding carboxylic acids is 1. The predicted octanol–water partition coefficient (Wildman–Crippen LogP) is 0.891. The number of nitrogens with zero attached hydrogens (tertiary/aromatic N) is 2. The van der Waals surface area contributed by atoms with E-state index in [1.807, 2.05) is 0 Å². The summed E-state index contributed by atoms with van der Waals surface area (Å²) in [6.07, 6.45) is 8.04. The molecule has 3 rings (SSSR count). The third kappa shape index (κ3) is 5.07. The van der Waals surface area contributed by atoms with Crippen molar-refractivity contribution in [3.05, 3.63) is 0 Å². The fraction of sp³-hybridized carbons (Fsp3) is 0.889. The molecular weight excluding hydrogens is 320 g/mol. The van der Waals surface area contributed by atoms with Crippen molar-refractivity contribution < 1.29 is 14.3 Å². The van der Waals surface area contributed by atoms with Crippen LogP contribution in [0.1, 0.15) is 44.9 Å². The lowest BCUT2D eigenvalue weighted by Gasteiger charge is -2.47. The first-order valence-corrected chi connectivity index (χ1v) is 9.57. The average Bonchev–Trinajstić information content (AvgIpc) is 3.09. The second kappa shape index (κ2) is 8.36. The van der Waals surface area contributed by atoms with Crippen LogP contribution in [-0.2, 0) is 14.3 Å². The minimum Gasteiger partial charge on any atom is -0.376 e. The minimum absolute atomic E-state index is 0.000608. The van der Waals surface area contributed by atoms with Crippen molar-refractivity contribution in [3.8, 4) is 0 Å². The molecule has 0 aromatic heterocycles. The summed E-state index contributed by atoms with van der Waals surface area (Å²) < 4.78 is 11.7. The van der Waals surface area contributed by atoms with Crippen LogP contribution in [0.25, 0.3) is 0 Å². The summed E-state index contributed by atoms with van der Waals surface area (Å²) in [4.78, 5) is 17.9. The number of likely N-dealkylation sites (N-methyl/N-ethyl adjacent to an activating group) is 1. The molecule has 2 atom stereocenters. The van der Waals surface area contributed by atoms with Gasteiger partial charge < -0.3 is 25.0 Å². The number of nitrogens with one attached hydrogen (secondary N) is 2. The Balaban J connectivity index is 1.56. The fourth-order valence-corrected chi connectivity index (χ4v) is 3.72. The van der Waals surface area contributed by atoms with Gasteiger partial charge >= 0.3 is 0 Å². The molecule has 1 saturated carbocycles. The van der Waals surface area contributed by atoms with Crippen LogP contribution >= 0.6 is 0 Å². The van der Waals surface area contributed by atoms with Gasteiger partial charge in [-0.3, -0.25) is 4.79 Å². The van der Waals surface area contributed by atoms with Gasteiger partial charge in [0.25, 0.3) is 0 Å². The smallest absolute Gasteiger partial charge is 0.243 e. The van der Waals surface area contributed by atoms with Crippen LogP contribution in [-0.4, -0.2) is 74.9 Å². The molecule has 1 amide bonds. The van der Waals surface area contributed by atoms with E-state index in [-0.39, 0.29) is 24.2 Å². The van der Waals surface area contributed by atoms with Gasteiger partial charge in [-0.1, -0.05) is 0 Å². The zero-order valence-electron chi connectivity index (χ0n) is 15.6. The molecular formula is C18H32N4O3. The molecule has 1 spiro atoms. The third-order valence-corrected chi connectivity index (χ3v) is 5.49. The number of rotatable bonds is 5. The Labute approximate surface area is 150 Å². The van der Waals surface area contributed by atoms with Gasteiger partial charge in [0.1, 0.15) is 6.54 Å². The first kappa shape index (κ1) is 18.5. The van der Waals surface area contributed by atoms with Crippen LogP contribution < -0.4 is 10.6 Å². The minimum atomic E-state index is 0.000608. The molecule has 0 aromatic rings. The lowest BCUT2D eigenvalue weighted by atomic mass is 9.74. The Hall–Kier alpha value is -1.34. The topological polar surface area (TPSA) is 75.2 Å². The van der Waals surface area contributed by atoms with E-state index in [1.54, 1.807) is 19.0 Å². The normalized spacial score (nSPS) is 28.5. The maximum atomic E-state index is 11.9. The van der Waals surface area contributed by atoms with Crippen molar-refractivity contribution in [2.24, 2.45) is 4.99 Å². The van der Waals surface area contributed by atoms with Crippen molar-refractivity contribution in [2.75, 3.05) is 40.4 Å². The first-order valence-electron chi connectivity index (χ1n) is 9.57. The van der Waals surface area contributed by atoms with Crippen LogP contribution in [0.4, 0.5) is 0 Å². The lowest BCUT2D eigenvalue weighted by molar-refractivity contribution is -0.134. The van der Waals surface area contributed by atoms with Gasteiger partial charge in [0, 0.05) is 39.9 Å².